The Kier molecular flexibility index (Phi) is 4.05. The fraction of sp³-hybridized carbons (Fsp3) is 0.714. The Morgan fingerprint density at radius 2 is 2.12 bits per heavy atom. The number of nitrogens with one attached hydrogen (secondary N) is 1. The summed E-state index contributed by atoms with van der Waals surface area (Å²) < 4.78 is 5.44. The summed E-state index contributed by atoms with van der Waals surface area (Å²) in [5.74, 6) is 1.95. The van der Waals surface area contributed by atoms with Crippen LogP contribution in [0.3, 0.4) is 0 Å². The van der Waals surface area contributed by atoms with E-state index in [0.29, 0.717) is 6.04 Å². The normalized spacial score (nSPS) is 19.9. The van der Waals surface area contributed by atoms with Crippen LogP contribution in [-0.2, 0) is 6.54 Å². The third kappa shape index (κ3) is 2.88. The first-order valence-electron chi connectivity index (χ1n) is 6.53. The molecule has 0 saturated heterocycles. The molecule has 1 saturated carbocycles. The monoisotopic (exact) mass is 221 g/mol. The molecule has 0 amide bonds. The molecule has 1 aromatic heterocycles. The molecular weight excluding hydrogens is 198 g/mol. The third-order valence-electron chi connectivity index (χ3n) is 3.91. The summed E-state index contributed by atoms with van der Waals surface area (Å²) >= 11 is 0. The second-order valence-electron chi connectivity index (χ2n) is 5.09. The van der Waals surface area contributed by atoms with Crippen LogP contribution in [0.15, 0.2) is 16.7 Å². The van der Waals surface area contributed by atoms with Crippen molar-refractivity contribution in [1.82, 2.24) is 5.32 Å². The van der Waals surface area contributed by atoms with E-state index in [-0.39, 0.29) is 0 Å². The molecule has 2 heteroatoms. The molecule has 1 fully saturated rings. The molecule has 0 aliphatic heterocycles. The fourth-order valence-electron chi connectivity index (χ4n) is 2.64. The van der Waals surface area contributed by atoms with Gasteiger partial charge in [-0.15, -0.1) is 0 Å². The lowest BCUT2D eigenvalue weighted by Gasteiger charge is -2.28. The van der Waals surface area contributed by atoms with Gasteiger partial charge in [0.2, 0.25) is 0 Å². The van der Waals surface area contributed by atoms with Crippen LogP contribution in [0.25, 0.3) is 0 Å². The van der Waals surface area contributed by atoms with Gasteiger partial charge in [0, 0.05) is 6.04 Å². The van der Waals surface area contributed by atoms with Gasteiger partial charge in [-0.25, -0.2) is 0 Å². The van der Waals surface area contributed by atoms with Crippen molar-refractivity contribution < 1.29 is 4.42 Å². The summed E-state index contributed by atoms with van der Waals surface area (Å²) in [6.45, 7) is 5.29. The summed E-state index contributed by atoms with van der Waals surface area (Å²) in [7, 11) is 0. The predicted octanol–water partition coefficient (Wildman–Crippen LogP) is 3.65. The first-order valence-corrected chi connectivity index (χ1v) is 6.53. The van der Waals surface area contributed by atoms with Crippen LogP contribution in [0.1, 0.15) is 50.4 Å². The Bertz CT molecular complexity index is 312. The maximum absolute atomic E-state index is 5.44. The first kappa shape index (κ1) is 11.7. The SMILES string of the molecule is Cc1ccoc1CN[C@H](C)C1CCCCC1. The number of furan rings is 1. The molecular formula is C14H23NO. The molecule has 1 atom stereocenters. The van der Waals surface area contributed by atoms with Gasteiger partial charge in [-0.05, 0) is 44.2 Å². The van der Waals surface area contributed by atoms with Crippen molar-refractivity contribution >= 4 is 0 Å². The third-order valence-corrected chi connectivity index (χ3v) is 3.91. The highest BCUT2D eigenvalue weighted by molar-refractivity contribution is 5.14. The molecule has 0 unspecified atom stereocenters. The maximum Gasteiger partial charge on any atom is 0.120 e. The van der Waals surface area contributed by atoms with Gasteiger partial charge < -0.3 is 9.73 Å². The molecule has 1 N–H and O–H groups in total. The van der Waals surface area contributed by atoms with Crippen molar-refractivity contribution in [3.05, 3.63) is 23.7 Å². The number of rotatable bonds is 4. The maximum atomic E-state index is 5.44. The quantitative estimate of drug-likeness (QED) is 0.839. The molecule has 1 heterocycles. The largest absolute Gasteiger partial charge is 0.468 e. The molecule has 90 valence electrons. The van der Waals surface area contributed by atoms with Gasteiger partial charge in [0.1, 0.15) is 5.76 Å². The van der Waals surface area contributed by atoms with E-state index in [9.17, 15) is 0 Å². The molecule has 0 aromatic carbocycles. The Morgan fingerprint density at radius 1 is 1.38 bits per heavy atom. The first-order chi connectivity index (χ1) is 7.77. The van der Waals surface area contributed by atoms with Crippen molar-refractivity contribution in [3.8, 4) is 0 Å². The summed E-state index contributed by atoms with van der Waals surface area (Å²) in [6, 6.07) is 2.65. The molecule has 2 rings (SSSR count). The lowest BCUT2D eigenvalue weighted by molar-refractivity contribution is 0.275. The second-order valence-corrected chi connectivity index (χ2v) is 5.09. The van der Waals surface area contributed by atoms with Gasteiger partial charge in [-0.3, -0.25) is 0 Å². The topological polar surface area (TPSA) is 25.2 Å². The predicted molar refractivity (Wildman–Crippen MR) is 66.3 cm³/mol. The molecule has 2 nitrogen and oxygen atoms in total. The average Bonchev–Trinajstić information content (AvgIpc) is 2.73. The van der Waals surface area contributed by atoms with Gasteiger partial charge >= 0.3 is 0 Å². The second kappa shape index (κ2) is 5.53. The van der Waals surface area contributed by atoms with Crippen molar-refractivity contribution in [2.45, 2.75) is 58.5 Å². The van der Waals surface area contributed by atoms with Crippen LogP contribution >= 0.6 is 0 Å². The Balaban J connectivity index is 1.78. The van der Waals surface area contributed by atoms with E-state index in [1.54, 1.807) is 6.26 Å². The summed E-state index contributed by atoms with van der Waals surface area (Å²) in [5.41, 5.74) is 1.25. The van der Waals surface area contributed by atoms with Crippen LogP contribution in [0.5, 0.6) is 0 Å². The average molecular weight is 221 g/mol. The van der Waals surface area contributed by atoms with Crippen molar-refractivity contribution in [2.24, 2.45) is 5.92 Å². The molecule has 0 bridgehead atoms. The molecule has 1 aliphatic rings. The fourth-order valence-corrected chi connectivity index (χ4v) is 2.64. The highest BCUT2D eigenvalue weighted by Gasteiger charge is 2.19. The summed E-state index contributed by atoms with van der Waals surface area (Å²) in [5, 5.41) is 3.60. The van der Waals surface area contributed by atoms with E-state index < -0.39 is 0 Å². The zero-order valence-corrected chi connectivity index (χ0v) is 10.5. The smallest absolute Gasteiger partial charge is 0.120 e. The van der Waals surface area contributed by atoms with E-state index in [2.05, 4.69) is 19.2 Å². The van der Waals surface area contributed by atoms with Gasteiger partial charge in [-0.1, -0.05) is 19.3 Å². The van der Waals surface area contributed by atoms with Gasteiger partial charge in [0.05, 0.1) is 12.8 Å². The van der Waals surface area contributed by atoms with Gasteiger partial charge in [-0.2, -0.15) is 0 Å². The minimum Gasteiger partial charge on any atom is -0.468 e. The van der Waals surface area contributed by atoms with Crippen LogP contribution < -0.4 is 5.32 Å². The summed E-state index contributed by atoms with van der Waals surface area (Å²) in [6.07, 6.45) is 8.82. The molecule has 0 radical (unpaired) electrons. The number of hydrogen-bond donors (Lipinski definition) is 1. The highest BCUT2D eigenvalue weighted by atomic mass is 16.3. The van der Waals surface area contributed by atoms with Gasteiger partial charge in [0.25, 0.3) is 0 Å². The van der Waals surface area contributed by atoms with Crippen molar-refractivity contribution in [2.75, 3.05) is 0 Å². The van der Waals surface area contributed by atoms with Crippen molar-refractivity contribution in [3.63, 3.8) is 0 Å². The van der Waals surface area contributed by atoms with Crippen LogP contribution in [0, 0.1) is 12.8 Å². The Hall–Kier alpha value is -0.760. The van der Waals surface area contributed by atoms with E-state index in [0.717, 1.165) is 18.2 Å². The van der Waals surface area contributed by atoms with Gasteiger partial charge in [0.15, 0.2) is 0 Å². The zero-order valence-electron chi connectivity index (χ0n) is 10.5. The Morgan fingerprint density at radius 3 is 2.75 bits per heavy atom. The van der Waals surface area contributed by atoms with E-state index in [1.165, 1.54) is 37.7 Å². The summed E-state index contributed by atoms with van der Waals surface area (Å²) in [4.78, 5) is 0. The minimum atomic E-state index is 0.616. The molecule has 0 spiro atoms. The molecule has 1 aromatic rings. The Labute approximate surface area is 98.4 Å². The lowest BCUT2D eigenvalue weighted by atomic mass is 9.84. The van der Waals surface area contributed by atoms with E-state index >= 15 is 0 Å². The van der Waals surface area contributed by atoms with Crippen molar-refractivity contribution in [1.29, 1.82) is 0 Å². The molecule has 16 heavy (non-hydrogen) atoms. The lowest BCUT2D eigenvalue weighted by Crippen LogP contribution is -2.34. The standard InChI is InChI=1S/C14H23NO/c1-11-8-9-16-14(11)10-15-12(2)13-6-4-3-5-7-13/h8-9,12-13,15H,3-7,10H2,1-2H3/t12-/m1/s1. The van der Waals surface area contributed by atoms with E-state index in [1.807, 2.05) is 6.07 Å². The van der Waals surface area contributed by atoms with Crippen LogP contribution in [0.4, 0.5) is 0 Å². The van der Waals surface area contributed by atoms with E-state index in [4.69, 9.17) is 4.42 Å². The minimum absolute atomic E-state index is 0.616. The number of hydrogen-bond acceptors (Lipinski definition) is 2. The number of aryl methyl sites for hydroxylation is 1. The van der Waals surface area contributed by atoms with Crippen LogP contribution in [0.2, 0.25) is 0 Å². The highest BCUT2D eigenvalue weighted by Crippen LogP contribution is 2.26. The zero-order chi connectivity index (χ0) is 11.4. The molecule has 1 aliphatic carbocycles. The van der Waals surface area contributed by atoms with Crippen LogP contribution in [-0.4, -0.2) is 6.04 Å².